The first-order valence-corrected chi connectivity index (χ1v) is 9.22. The number of thiazole rings is 1. The molecule has 134 valence electrons. The smallest absolute Gasteiger partial charge is 0.254 e. The predicted octanol–water partition coefficient (Wildman–Crippen LogP) is 4.24. The zero-order chi connectivity index (χ0) is 18.8. The SMILES string of the molecule is Cc1nc([C@@H](C)N(C)C(=O)c2cccc(-c3cccc(N)n3)c2)c(C)s1. The number of rotatable bonds is 4. The molecule has 0 saturated carbocycles. The van der Waals surface area contributed by atoms with Gasteiger partial charge >= 0.3 is 0 Å². The molecule has 2 heterocycles. The number of benzene rings is 1. The highest BCUT2D eigenvalue weighted by molar-refractivity contribution is 7.11. The van der Waals surface area contributed by atoms with Gasteiger partial charge in [-0.3, -0.25) is 4.79 Å². The lowest BCUT2D eigenvalue weighted by molar-refractivity contribution is 0.0740. The Morgan fingerprint density at radius 3 is 2.54 bits per heavy atom. The summed E-state index contributed by atoms with van der Waals surface area (Å²) in [5.41, 5.74) is 8.96. The molecule has 5 nitrogen and oxygen atoms in total. The molecule has 0 unspecified atom stereocenters. The van der Waals surface area contributed by atoms with Gasteiger partial charge in [0.1, 0.15) is 5.82 Å². The van der Waals surface area contributed by atoms with E-state index < -0.39 is 0 Å². The summed E-state index contributed by atoms with van der Waals surface area (Å²) in [7, 11) is 1.81. The molecule has 0 fully saturated rings. The van der Waals surface area contributed by atoms with E-state index >= 15 is 0 Å². The van der Waals surface area contributed by atoms with Gasteiger partial charge in [-0.05, 0) is 45.0 Å². The minimum absolute atomic E-state index is 0.0479. The van der Waals surface area contributed by atoms with Crippen molar-refractivity contribution in [2.24, 2.45) is 0 Å². The highest BCUT2D eigenvalue weighted by Gasteiger charge is 2.23. The van der Waals surface area contributed by atoms with Crippen LogP contribution in [0.3, 0.4) is 0 Å². The third-order valence-corrected chi connectivity index (χ3v) is 5.31. The fourth-order valence-electron chi connectivity index (χ4n) is 2.92. The van der Waals surface area contributed by atoms with Gasteiger partial charge in [0, 0.05) is 23.1 Å². The van der Waals surface area contributed by atoms with Crippen molar-refractivity contribution in [2.75, 3.05) is 12.8 Å². The Bertz CT molecular complexity index is 950. The van der Waals surface area contributed by atoms with Crippen LogP contribution in [0.1, 0.15) is 38.9 Å². The Balaban J connectivity index is 1.88. The van der Waals surface area contributed by atoms with Gasteiger partial charge < -0.3 is 10.6 Å². The Hall–Kier alpha value is -2.73. The van der Waals surface area contributed by atoms with Crippen molar-refractivity contribution in [1.29, 1.82) is 0 Å². The normalized spacial score (nSPS) is 12.0. The number of pyridine rings is 1. The number of nitrogens with zero attached hydrogens (tertiary/aromatic N) is 3. The van der Waals surface area contributed by atoms with E-state index in [2.05, 4.69) is 9.97 Å². The molecule has 6 heteroatoms. The van der Waals surface area contributed by atoms with Crippen LogP contribution in [0, 0.1) is 13.8 Å². The van der Waals surface area contributed by atoms with E-state index in [4.69, 9.17) is 5.73 Å². The largest absolute Gasteiger partial charge is 0.384 e. The Morgan fingerprint density at radius 1 is 1.15 bits per heavy atom. The number of aromatic nitrogens is 2. The molecule has 0 saturated heterocycles. The molecule has 1 atom stereocenters. The number of anilines is 1. The molecule has 1 aromatic carbocycles. The monoisotopic (exact) mass is 366 g/mol. The number of nitrogen functional groups attached to an aromatic ring is 1. The minimum atomic E-state index is -0.0957. The Kier molecular flexibility index (Phi) is 5.04. The summed E-state index contributed by atoms with van der Waals surface area (Å²) in [5, 5.41) is 1.01. The average molecular weight is 366 g/mol. The maximum absolute atomic E-state index is 13.0. The van der Waals surface area contributed by atoms with Gasteiger partial charge in [-0.2, -0.15) is 0 Å². The highest BCUT2D eigenvalue weighted by atomic mass is 32.1. The average Bonchev–Trinajstić information content (AvgIpc) is 2.98. The third-order valence-electron chi connectivity index (χ3n) is 4.41. The molecule has 0 bridgehead atoms. The number of hydrogen-bond acceptors (Lipinski definition) is 5. The molecule has 0 aliphatic rings. The van der Waals surface area contributed by atoms with Crippen molar-refractivity contribution in [3.8, 4) is 11.3 Å². The van der Waals surface area contributed by atoms with E-state index in [1.165, 1.54) is 0 Å². The second-order valence-electron chi connectivity index (χ2n) is 6.29. The van der Waals surface area contributed by atoms with Gasteiger partial charge in [0.05, 0.1) is 22.4 Å². The maximum atomic E-state index is 13.0. The third kappa shape index (κ3) is 3.60. The van der Waals surface area contributed by atoms with Gasteiger partial charge in [0.15, 0.2) is 0 Å². The van der Waals surface area contributed by atoms with Crippen molar-refractivity contribution in [2.45, 2.75) is 26.8 Å². The van der Waals surface area contributed by atoms with Crippen LogP contribution >= 0.6 is 11.3 Å². The summed E-state index contributed by atoms with van der Waals surface area (Å²) in [5.74, 6) is 0.410. The number of carbonyl (C=O) groups is 1. The first kappa shape index (κ1) is 18.1. The first-order valence-electron chi connectivity index (χ1n) is 8.41. The van der Waals surface area contributed by atoms with Gasteiger partial charge in [0.25, 0.3) is 5.91 Å². The van der Waals surface area contributed by atoms with Gasteiger partial charge in [-0.25, -0.2) is 9.97 Å². The zero-order valence-corrected chi connectivity index (χ0v) is 16.2. The fourth-order valence-corrected chi connectivity index (χ4v) is 3.83. The van der Waals surface area contributed by atoms with Gasteiger partial charge in [-0.1, -0.05) is 18.2 Å². The second kappa shape index (κ2) is 7.25. The lowest BCUT2D eigenvalue weighted by atomic mass is 10.1. The van der Waals surface area contributed by atoms with Crippen molar-refractivity contribution < 1.29 is 4.79 Å². The fraction of sp³-hybridized carbons (Fsp3) is 0.250. The van der Waals surface area contributed by atoms with Crippen LogP contribution in [-0.2, 0) is 0 Å². The van der Waals surface area contributed by atoms with E-state index in [1.807, 2.05) is 64.2 Å². The highest BCUT2D eigenvalue weighted by Crippen LogP contribution is 2.27. The van der Waals surface area contributed by atoms with Crippen LogP contribution in [0.25, 0.3) is 11.3 Å². The van der Waals surface area contributed by atoms with Crippen LogP contribution < -0.4 is 5.73 Å². The molecule has 2 N–H and O–H groups in total. The van der Waals surface area contributed by atoms with E-state index in [-0.39, 0.29) is 11.9 Å². The molecule has 3 aromatic rings. The van der Waals surface area contributed by atoms with Crippen molar-refractivity contribution >= 4 is 23.1 Å². The topological polar surface area (TPSA) is 72.1 Å². The molecule has 3 rings (SSSR count). The molecule has 0 radical (unpaired) electrons. The van der Waals surface area contributed by atoms with Crippen molar-refractivity contribution in [1.82, 2.24) is 14.9 Å². The summed E-state index contributed by atoms with van der Waals surface area (Å²) >= 11 is 1.65. The standard InChI is InChI=1S/C20H22N4OS/c1-12(19-13(2)26-14(3)22-19)24(4)20(25)16-8-5-7-15(11-16)17-9-6-10-18(21)23-17/h5-12H,1-4H3,(H2,21,23)/t12-/m1/s1. The lowest BCUT2D eigenvalue weighted by Gasteiger charge is -2.24. The summed E-state index contributed by atoms with van der Waals surface area (Å²) < 4.78 is 0. The van der Waals surface area contributed by atoms with Crippen molar-refractivity contribution in [3.05, 3.63) is 63.6 Å². The number of aryl methyl sites for hydroxylation is 2. The summed E-state index contributed by atoms with van der Waals surface area (Å²) in [4.78, 5) is 24.8. The number of nitrogens with two attached hydrogens (primary N) is 1. The van der Waals surface area contributed by atoms with Crippen molar-refractivity contribution in [3.63, 3.8) is 0 Å². The molecule has 26 heavy (non-hydrogen) atoms. The number of amides is 1. The van der Waals surface area contributed by atoms with E-state index in [0.29, 0.717) is 11.4 Å². The van der Waals surface area contributed by atoms with E-state index in [1.54, 1.807) is 22.3 Å². The van der Waals surface area contributed by atoms with Crippen LogP contribution in [0.4, 0.5) is 5.82 Å². The summed E-state index contributed by atoms with van der Waals surface area (Å²) in [6.45, 7) is 6.03. The van der Waals surface area contributed by atoms with Crippen LogP contribution in [0.2, 0.25) is 0 Å². The molecule has 1 amide bonds. The van der Waals surface area contributed by atoms with Gasteiger partial charge in [0.2, 0.25) is 0 Å². The summed E-state index contributed by atoms with van der Waals surface area (Å²) in [6, 6.07) is 12.8. The van der Waals surface area contributed by atoms with Crippen LogP contribution in [0.15, 0.2) is 42.5 Å². The molecule has 0 aliphatic carbocycles. The molecular weight excluding hydrogens is 344 g/mol. The Morgan fingerprint density at radius 2 is 1.88 bits per heavy atom. The lowest BCUT2D eigenvalue weighted by Crippen LogP contribution is -2.30. The Labute approximate surface area is 157 Å². The van der Waals surface area contributed by atoms with E-state index in [0.717, 1.165) is 26.8 Å². The summed E-state index contributed by atoms with van der Waals surface area (Å²) in [6.07, 6.45) is 0. The molecule has 0 spiro atoms. The number of hydrogen-bond donors (Lipinski definition) is 1. The molecule has 0 aliphatic heterocycles. The van der Waals surface area contributed by atoms with E-state index in [9.17, 15) is 4.79 Å². The second-order valence-corrected chi connectivity index (χ2v) is 7.70. The maximum Gasteiger partial charge on any atom is 0.254 e. The molecular formula is C20H22N4OS. The minimum Gasteiger partial charge on any atom is -0.384 e. The zero-order valence-electron chi connectivity index (χ0n) is 15.4. The predicted molar refractivity (Wildman–Crippen MR) is 106 cm³/mol. The van der Waals surface area contributed by atoms with Crippen LogP contribution in [0.5, 0.6) is 0 Å². The quantitative estimate of drug-likeness (QED) is 0.750. The van der Waals surface area contributed by atoms with Gasteiger partial charge in [-0.15, -0.1) is 11.3 Å². The molecule has 2 aromatic heterocycles. The van der Waals surface area contributed by atoms with Crippen LogP contribution in [-0.4, -0.2) is 27.8 Å². The number of carbonyl (C=O) groups excluding carboxylic acids is 1. The first-order chi connectivity index (χ1) is 12.4.